The van der Waals surface area contributed by atoms with Crippen LogP contribution in [-0.2, 0) is 14.3 Å². The summed E-state index contributed by atoms with van der Waals surface area (Å²) in [5, 5.41) is 2.79. The van der Waals surface area contributed by atoms with Crippen molar-refractivity contribution < 1.29 is 14.3 Å². The lowest BCUT2D eigenvalue weighted by Crippen LogP contribution is -2.39. The smallest absolute Gasteiger partial charge is 0.241 e. The molecule has 0 saturated carbocycles. The van der Waals surface area contributed by atoms with Crippen LogP contribution in [0.4, 0.5) is 0 Å². The number of hydrogen-bond donors (Lipinski definition) is 2. The highest BCUT2D eigenvalue weighted by Gasteiger charge is 2.32. The van der Waals surface area contributed by atoms with E-state index in [-0.39, 0.29) is 12.0 Å². The molecule has 1 saturated heterocycles. The van der Waals surface area contributed by atoms with E-state index < -0.39 is 11.8 Å². The summed E-state index contributed by atoms with van der Waals surface area (Å²) in [4.78, 5) is 11.9. The van der Waals surface area contributed by atoms with Crippen LogP contribution in [0.3, 0.4) is 0 Å². The van der Waals surface area contributed by atoms with E-state index in [4.69, 9.17) is 15.2 Å². The molecular formula is C14H20N2O3. The first-order valence-electron chi connectivity index (χ1n) is 6.38. The van der Waals surface area contributed by atoms with Crippen LogP contribution < -0.4 is 11.1 Å². The van der Waals surface area contributed by atoms with Crippen LogP contribution in [0.5, 0.6) is 0 Å². The van der Waals surface area contributed by atoms with Crippen LogP contribution in [0.15, 0.2) is 30.3 Å². The first-order chi connectivity index (χ1) is 8.98. The average Bonchev–Trinajstić information content (AvgIpc) is 2.76. The molecule has 0 aliphatic carbocycles. The third kappa shape index (κ3) is 3.76. The number of nitrogens with one attached hydrogen (secondary N) is 1. The maximum Gasteiger partial charge on any atom is 0.241 e. The fraction of sp³-hybridized carbons (Fsp3) is 0.500. The van der Waals surface area contributed by atoms with E-state index in [1.54, 1.807) is 0 Å². The normalized spacial score (nSPS) is 23.0. The maximum absolute atomic E-state index is 11.9. The minimum Gasteiger partial charge on any atom is -0.352 e. The minimum atomic E-state index is -0.656. The second kappa shape index (κ2) is 5.69. The summed E-state index contributed by atoms with van der Waals surface area (Å²) in [5.74, 6) is -0.781. The summed E-state index contributed by atoms with van der Waals surface area (Å²) in [6.45, 7) is 4.59. The highest BCUT2D eigenvalue weighted by Crippen LogP contribution is 2.21. The average molecular weight is 264 g/mol. The van der Waals surface area contributed by atoms with Crippen molar-refractivity contribution in [1.29, 1.82) is 0 Å². The van der Waals surface area contributed by atoms with Crippen LogP contribution >= 0.6 is 0 Å². The molecule has 3 N–H and O–H groups in total. The van der Waals surface area contributed by atoms with Crippen molar-refractivity contribution in [1.82, 2.24) is 5.32 Å². The number of carbonyl (C=O) groups is 1. The second-order valence-corrected chi connectivity index (χ2v) is 5.08. The summed E-state index contributed by atoms with van der Waals surface area (Å²) >= 11 is 0. The first-order valence-corrected chi connectivity index (χ1v) is 6.38. The van der Waals surface area contributed by atoms with Gasteiger partial charge in [0.2, 0.25) is 5.91 Å². The van der Waals surface area contributed by atoms with Gasteiger partial charge >= 0.3 is 0 Å². The van der Waals surface area contributed by atoms with Crippen LogP contribution in [0.1, 0.15) is 25.5 Å². The highest BCUT2D eigenvalue weighted by atomic mass is 16.7. The predicted molar refractivity (Wildman–Crippen MR) is 71.3 cm³/mol. The lowest BCUT2D eigenvalue weighted by atomic mass is 10.1. The van der Waals surface area contributed by atoms with Gasteiger partial charge in [0.25, 0.3) is 0 Å². The SMILES string of the molecule is CC1(C)OCC(CNC(=O)C(N)c2ccccc2)O1. The molecule has 1 heterocycles. The van der Waals surface area contributed by atoms with E-state index in [1.165, 1.54) is 0 Å². The van der Waals surface area contributed by atoms with Crippen molar-refractivity contribution >= 4 is 5.91 Å². The molecule has 1 aliphatic heterocycles. The van der Waals surface area contributed by atoms with Gasteiger partial charge in [-0.25, -0.2) is 0 Å². The standard InChI is InChI=1S/C14H20N2O3/c1-14(2)18-9-11(19-14)8-16-13(17)12(15)10-6-4-3-5-7-10/h3-7,11-12H,8-9,15H2,1-2H3,(H,16,17). The zero-order valence-corrected chi connectivity index (χ0v) is 11.3. The molecule has 5 heteroatoms. The van der Waals surface area contributed by atoms with Crippen molar-refractivity contribution in [2.75, 3.05) is 13.2 Å². The molecule has 2 atom stereocenters. The van der Waals surface area contributed by atoms with Gasteiger partial charge in [-0.05, 0) is 19.4 Å². The molecule has 0 spiro atoms. The van der Waals surface area contributed by atoms with E-state index in [0.717, 1.165) is 5.56 Å². The maximum atomic E-state index is 11.9. The fourth-order valence-corrected chi connectivity index (χ4v) is 2.00. The predicted octanol–water partition coefficient (Wildman–Crippen LogP) is 0.954. The van der Waals surface area contributed by atoms with Gasteiger partial charge in [0, 0.05) is 6.54 Å². The van der Waals surface area contributed by atoms with Crippen molar-refractivity contribution in [2.24, 2.45) is 5.73 Å². The van der Waals surface area contributed by atoms with Gasteiger partial charge in [0.05, 0.1) is 6.61 Å². The molecule has 2 unspecified atom stereocenters. The fourth-order valence-electron chi connectivity index (χ4n) is 2.00. The number of hydrogen-bond acceptors (Lipinski definition) is 4. The second-order valence-electron chi connectivity index (χ2n) is 5.08. The summed E-state index contributed by atoms with van der Waals surface area (Å²) in [7, 11) is 0. The van der Waals surface area contributed by atoms with Gasteiger partial charge < -0.3 is 20.5 Å². The largest absolute Gasteiger partial charge is 0.352 e. The lowest BCUT2D eigenvalue weighted by Gasteiger charge is -2.18. The highest BCUT2D eigenvalue weighted by molar-refractivity contribution is 5.82. The Hall–Kier alpha value is -1.43. The van der Waals surface area contributed by atoms with Crippen LogP contribution in [0, 0.1) is 0 Å². The van der Waals surface area contributed by atoms with Crippen molar-refractivity contribution in [3.63, 3.8) is 0 Å². The van der Waals surface area contributed by atoms with Gasteiger partial charge in [0.15, 0.2) is 5.79 Å². The van der Waals surface area contributed by atoms with E-state index in [1.807, 2.05) is 44.2 Å². The zero-order valence-electron chi connectivity index (χ0n) is 11.3. The molecule has 2 rings (SSSR count). The van der Waals surface area contributed by atoms with Gasteiger partial charge in [-0.3, -0.25) is 4.79 Å². The van der Waals surface area contributed by atoms with Crippen LogP contribution in [0.2, 0.25) is 0 Å². The van der Waals surface area contributed by atoms with Gasteiger partial charge in [0.1, 0.15) is 12.1 Å². The molecule has 19 heavy (non-hydrogen) atoms. The molecule has 1 amide bonds. The molecule has 1 aromatic carbocycles. The Labute approximate surface area is 113 Å². The van der Waals surface area contributed by atoms with Gasteiger partial charge in [-0.15, -0.1) is 0 Å². The molecule has 0 aromatic heterocycles. The summed E-state index contributed by atoms with van der Waals surface area (Å²) < 4.78 is 11.0. The number of rotatable bonds is 4. The van der Waals surface area contributed by atoms with Gasteiger partial charge in [-0.1, -0.05) is 30.3 Å². The molecule has 5 nitrogen and oxygen atoms in total. The first kappa shape index (κ1) is 14.0. The Balaban J connectivity index is 1.82. The molecule has 104 valence electrons. The molecular weight excluding hydrogens is 244 g/mol. The number of benzene rings is 1. The molecule has 1 aliphatic rings. The Morgan fingerprint density at radius 2 is 2.16 bits per heavy atom. The van der Waals surface area contributed by atoms with Crippen LogP contribution in [0.25, 0.3) is 0 Å². The summed E-state index contributed by atoms with van der Waals surface area (Å²) in [6, 6.07) is 8.62. The Kier molecular flexibility index (Phi) is 4.19. The molecule has 1 fully saturated rings. The quantitative estimate of drug-likeness (QED) is 0.849. The van der Waals surface area contributed by atoms with E-state index in [2.05, 4.69) is 5.32 Å². The van der Waals surface area contributed by atoms with Crippen molar-refractivity contribution in [2.45, 2.75) is 31.8 Å². The Bertz CT molecular complexity index is 434. The van der Waals surface area contributed by atoms with Gasteiger partial charge in [-0.2, -0.15) is 0 Å². The minimum absolute atomic E-state index is 0.123. The monoisotopic (exact) mass is 264 g/mol. The number of carbonyl (C=O) groups excluding carboxylic acids is 1. The topological polar surface area (TPSA) is 73.6 Å². The summed E-state index contributed by atoms with van der Waals surface area (Å²) in [6.07, 6.45) is -0.123. The third-order valence-corrected chi connectivity index (χ3v) is 3.01. The van der Waals surface area contributed by atoms with E-state index in [9.17, 15) is 4.79 Å². The Morgan fingerprint density at radius 3 is 2.74 bits per heavy atom. The van der Waals surface area contributed by atoms with E-state index >= 15 is 0 Å². The molecule has 1 aromatic rings. The number of nitrogens with two attached hydrogens (primary N) is 1. The third-order valence-electron chi connectivity index (χ3n) is 3.01. The lowest BCUT2D eigenvalue weighted by molar-refractivity contribution is -0.139. The Morgan fingerprint density at radius 1 is 1.47 bits per heavy atom. The molecule has 0 radical (unpaired) electrons. The number of ether oxygens (including phenoxy) is 2. The number of amides is 1. The van der Waals surface area contributed by atoms with E-state index in [0.29, 0.717) is 13.2 Å². The van der Waals surface area contributed by atoms with Crippen LogP contribution in [-0.4, -0.2) is 30.9 Å². The summed E-state index contributed by atoms with van der Waals surface area (Å²) in [5.41, 5.74) is 6.69. The van der Waals surface area contributed by atoms with Crippen molar-refractivity contribution in [3.8, 4) is 0 Å². The zero-order chi connectivity index (χ0) is 13.9. The van der Waals surface area contributed by atoms with Crippen molar-refractivity contribution in [3.05, 3.63) is 35.9 Å². The molecule has 0 bridgehead atoms.